The summed E-state index contributed by atoms with van der Waals surface area (Å²) in [5, 5.41) is 3.16. The van der Waals surface area contributed by atoms with Gasteiger partial charge in [0.25, 0.3) is 0 Å². The molecule has 0 unspecified atom stereocenters. The SMILES string of the molecule is C/C(=C/Cl)CNCc1ncc(C)o1. The molecule has 1 heterocycles. The first-order valence-corrected chi connectivity index (χ1v) is 4.54. The molecule has 0 aliphatic rings. The van der Waals surface area contributed by atoms with Gasteiger partial charge in [0, 0.05) is 12.1 Å². The van der Waals surface area contributed by atoms with Gasteiger partial charge >= 0.3 is 0 Å². The van der Waals surface area contributed by atoms with Crippen molar-refractivity contribution in [2.24, 2.45) is 0 Å². The van der Waals surface area contributed by atoms with Crippen LogP contribution in [0.1, 0.15) is 18.6 Å². The number of hydrogen-bond donors (Lipinski definition) is 1. The van der Waals surface area contributed by atoms with Gasteiger partial charge in [-0.05, 0) is 19.4 Å². The van der Waals surface area contributed by atoms with E-state index in [0.29, 0.717) is 12.4 Å². The molecular formula is C9H13ClN2O. The minimum Gasteiger partial charge on any atom is -0.445 e. The molecule has 13 heavy (non-hydrogen) atoms. The van der Waals surface area contributed by atoms with Gasteiger partial charge in [0.05, 0.1) is 12.7 Å². The van der Waals surface area contributed by atoms with Crippen molar-refractivity contribution in [3.8, 4) is 0 Å². The zero-order valence-corrected chi connectivity index (χ0v) is 8.56. The Balaban J connectivity index is 2.28. The van der Waals surface area contributed by atoms with Gasteiger partial charge in [0.2, 0.25) is 5.89 Å². The summed E-state index contributed by atoms with van der Waals surface area (Å²) in [5.74, 6) is 1.54. The normalized spacial score (nSPS) is 12.1. The molecule has 0 atom stereocenters. The lowest BCUT2D eigenvalue weighted by atomic mass is 10.3. The summed E-state index contributed by atoms with van der Waals surface area (Å²) in [6.07, 6.45) is 1.71. The summed E-state index contributed by atoms with van der Waals surface area (Å²) in [7, 11) is 0. The molecule has 1 rings (SSSR count). The average molecular weight is 201 g/mol. The van der Waals surface area contributed by atoms with Gasteiger partial charge in [0.15, 0.2) is 0 Å². The fraction of sp³-hybridized carbons (Fsp3) is 0.444. The quantitative estimate of drug-likeness (QED) is 0.810. The molecule has 0 amide bonds. The molecule has 0 radical (unpaired) electrons. The Labute approximate surface area is 82.8 Å². The third-order valence-electron chi connectivity index (χ3n) is 1.54. The number of hydrogen-bond acceptors (Lipinski definition) is 3. The van der Waals surface area contributed by atoms with Crippen LogP contribution in [0.4, 0.5) is 0 Å². The van der Waals surface area contributed by atoms with Crippen LogP contribution in [0.3, 0.4) is 0 Å². The maximum Gasteiger partial charge on any atom is 0.208 e. The highest BCUT2D eigenvalue weighted by atomic mass is 35.5. The Kier molecular flexibility index (Phi) is 3.99. The number of nitrogens with zero attached hydrogens (tertiary/aromatic N) is 1. The summed E-state index contributed by atoms with van der Waals surface area (Å²) in [5.41, 5.74) is 2.65. The van der Waals surface area contributed by atoms with Crippen LogP contribution in [0.2, 0.25) is 0 Å². The second-order valence-corrected chi connectivity index (χ2v) is 3.14. The summed E-state index contributed by atoms with van der Waals surface area (Å²) in [4.78, 5) is 4.06. The number of aryl methyl sites for hydroxylation is 1. The smallest absolute Gasteiger partial charge is 0.208 e. The molecule has 0 aromatic carbocycles. The maximum absolute atomic E-state index is 5.50. The van der Waals surface area contributed by atoms with Crippen LogP contribution in [0.5, 0.6) is 0 Å². The number of rotatable bonds is 4. The highest BCUT2D eigenvalue weighted by Gasteiger charge is 1.98. The second-order valence-electron chi connectivity index (χ2n) is 2.92. The summed E-state index contributed by atoms with van der Waals surface area (Å²) in [6.45, 7) is 5.22. The lowest BCUT2D eigenvalue weighted by Crippen LogP contribution is -2.15. The first-order chi connectivity index (χ1) is 6.22. The molecule has 72 valence electrons. The molecule has 0 saturated carbocycles. The lowest BCUT2D eigenvalue weighted by Gasteiger charge is -2.00. The van der Waals surface area contributed by atoms with Crippen molar-refractivity contribution in [2.75, 3.05) is 6.54 Å². The van der Waals surface area contributed by atoms with Crippen molar-refractivity contribution < 1.29 is 4.42 Å². The average Bonchev–Trinajstić information content (AvgIpc) is 2.51. The van der Waals surface area contributed by atoms with E-state index in [2.05, 4.69) is 10.3 Å². The predicted octanol–water partition coefficient (Wildman–Crippen LogP) is 2.22. The Morgan fingerprint density at radius 3 is 3.08 bits per heavy atom. The molecule has 1 aromatic heterocycles. The molecule has 3 nitrogen and oxygen atoms in total. The van der Waals surface area contributed by atoms with E-state index < -0.39 is 0 Å². The van der Waals surface area contributed by atoms with Crippen LogP contribution in [0.15, 0.2) is 21.7 Å². The summed E-state index contributed by atoms with van der Waals surface area (Å²) < 4.78 is 5.27. The molecule has 1 N–H and O–H groups in total. The molecule has 0 spiro atoms. The molecule has 0 bridgehead atoms. The van der Waals surface area contributed by atoms with Crippen molar-refractivity contribution in [3.63, 3.8) is 0 Å². The van der Waals surface area contributed by atoms with Crippen molar-refractivity contribution in [2.45, 2.75) is 20.4 Å². The molecule has 0 aliphatic carbocycles. The van der Waals surface area contributed by atoms with Crippen molar-refractivity contribution in [1.82, 2.24) is 10.3 Å². The Morgan fingerprint density at radius 1 is 1.77 bits per heavy atom. The maximum atomic E-state index is 5.50. The van der Waals surface area contributed by atoms with Gasteiger partial charge in [-0.1, -0.05) is 11.6 Å². The minimum absolute atomic E-state index is 0.635. The number of aromatic nitrogens is 1. The summed E-state index contributed by atoms with van der Waals surface area (Å²) >= 11 is 5.50. The van der Waals surface area contributed by atoms with Gasteiger partial charge in [-0.2, -0.15) is 0 Å². The lowest BCUT2D eigenvalue weighted by molar-refractivity contribution is 0.454. The van der Waals surface area contributed by atoms with E-state index in [9.17, 15) is 0 Å². The van der Waals surface area contributed by atoms with Crippen LogP contribution < -0.4 is 5.32 Å². The predicted molar refractivity (Wildman–Crippen MR) is 52.6 cm³/mol. The highest BCUT2D eigenvalue weighted by molar-refractivity contribution is 6.25. The number of halogens is 1. The first kappa shape index (κ1) is 10.3. The van der Waals surface area contributed by atoms with Crippen LogP contribution in [-0.4, -0.2) is 11.5 Å². The van der Waals surface area contributed by atoms with E-state index in [-0.39, 0.29) is 0 Å². The highest BCUT2D eigenvalue weighted by Crippen LogP contribution is 2.01. The van der Waals surface area contributed by atoms with E-state index in [0.717, 1.165) is 17.9 Å². The third kappa shape index (κ3) is 3.61. The van der Waals surface area contributed by atoms with E-state index in [1.807, 2.05) is 13.8 Å². The molecule has 1 aromatic rings. The standard InChI is InChI=1S/C9H13ClN2O/c1-7(3-10)4-11-6-9-12-5-8(2)13-9/h3,5,11H,4,6H2,1-2H3/b7-3-. The van der Waals surface area contributed by atoms with Gasteiger partial charge in [-0.15, -0.1) is 0 Å². The Morgan fingerprint density at radius 2 is 2.54 bits per heavy atom. The molecule has 0 saturated heterocycles. The topological polar surface area (TPSA) is 38.1 Å². The molecule has 4 heteroatoms. The van der Waals surface area contributed by atoms with Gasteiger partial charge in [-0.3, -0.25) is 0 Å². The van der Waals surface area contributed by atoms with Gasteiger partial charge in [-0.25, -0.2) is 4.98 Å². The van der Waals surface area contributed by atoms with Crippen molar-refractivity contribution in [3.05, 3.63) is 29.0 Å². The minimum atomic E-state index is 0.635. The molecular weight excluding hydrogens is 188 g/mol. The third-order valence-corrected chi connectivity index (χ3v) is 1.91. The second kappa shape index (κ2) is 5.04. The zero-order chi connectivity index (χ0) is 9.68. The van der Waals surface area contributed by atoms with Crippen LogP contribution in [0.25, 0.3) is 0 Å². The van der Waals surface area contributed by atoms with Gasteiger partial charge in [0.1, 0.15) is 5.76 Å². The first-order valence-electron chi connectivity index (χ1n) is 4.10. The van der Waals surface area contributed by atoms with Gasteiger partial charge < -0.3 is 9.73 Å². The monoisotopic (exact) mass is 200 g/mol. The van der Waals surface area contributed by atoms with Crippen molar-refractivity contribution in [1.29, 1.82) is 0 Å². The van der Waals surface area contributed by atoms with Crippen LogP contribution >= 0.6 is 11.6 Å². The fourth-order valence-corrected chi connectivity index (χ4v) is 0.965. The summed E-state index contributed by atoms with van der Waals surface area (Å²) in [6, 6.07) is 0. The van der Waals surface area contributed by atoms with Crippen LogP contribution in [-0.2, 0) is 6.54 Å². The molecule has 0 fully saturated rings. The van der Waals surface area contributed by atoms with E-state index in [1.165, 1.54) is 0 Å². The van der Waals surface area contributed by atoms with E-state index in [1.54, 1.807) is 11.7 Å². The fourth-order valence-electron chi connectivity index (χ4n) is 0.888. The number of oxazole rings is 1. The zero-order valence-electron chi connectivity index (χ0n) is 7.80. The van der Waals surface area contributed by atoms with Crippen molar-refractivity contribution >= 4 is 11.6 Å². The van der Waals surface area contributed by atoms with E-state index >= 15 is 0 Å². The largest absolute Gasteiger partial charge is 0.445 e. The number of nitrogens with one attached hydrogen (secondary N) is 1. The van der Waals surface area contributed by atoms with E-state index in [4.69, 9.17) is 16.0 Å². The Hall–Kier alpha value is -0.800. The molecule has 0 aliphatic heterocycles. The Bertz CT molecular complexity index is 294. The van der Waals surface area contributed by atoms with Crippen LogP contribution in [0, 0.1) is 6.92 Å².